The third-order valence-electron chi connectivity index (χ3n) is 3.85. The van der Waals surface area contributed by atoms with Crippen molar-refractivity contribution >= 4 is 59.9 Å². The standard InChI is InChI=1S/C17H14ClN3O6S2/c18-15-6-4-13(9-16(15)29(25,26)27)21-28(23,24)14-5-2-10-1-3-12(20-17(19)22)7-11(10)8-14/h1-9,21H,(H3,19,20,22)(H,25,26,27). The molecule has 0 saturated heterocycles. The van der Waals surface area contributed by atoms with Crippen LogP contribution in [0.5, 0.6) is 0 Å². The average molecular weight is 456 g/mol. The summed E-state index contributed by atoms with van der Waals surface area (Å²) in [5.41, 5.74) is 5.37. The Labute approximate surface area is 171 Å². The number of amides is 2. The highest BCUT2D eigenvalue weighted by molar-refractivity contribution is 7.92. The van der Waals surface area contributed by atoms with E-state index in [1.54, 1.807) is 24.3 Å². The van der Waals surface area contributed by atoms with Crippen molar-refractivity contribution in [2.75, 3.05) is 10.0 Å². The average Bonchev–Trinajstić information content (AvgIpc) is 2.61. The lowest BCUT2D eigenvalue weighted by atomic mass is 10.1. The largest absolute Gasteiger partial charge is 0.351 e. The molecule has 0 aromatic heterocycles. The van der Waals surface area contributed by atoms with Gasteiger partial charge >= 0.3 is 6.03 Å². The van der Waals surface area contributed by atoms with E-state index < -0.39 is 31.1 Å². The molecule has 0 heterocycles. The van der Waals surface area contributed by atoms with Gasteiger partial charge in [-0.2, -0.15) is 8.42 Å². The van der Waals surface area contributed by atoms with Crippen LogP contribution in [0.2, 0.25) is 5.02 Å². The number of nitrogens with two attached hydrogens (primary N) is 1. The fraction of sp³-hybridized carbons (Fsp3) is 0. The van der Waals surface area contributed by atoms with E-state index in [1.165, 1.54) is 18.2 Å². The summed E-state index contributed by atoms with van der Waals surface area (Å²) < 4.78 is 59.5. The Bertz CT molecular complexity index is 1340. The third kappa shape index (κ3) is 4.77. The number of benzene rings is 3. The topological polar surface area (TPSA) is 156 Å². The number of rotatable bonds is 5. The molecule has 0 atom stereocenters. The van der Waals surface area contributed by atoms with Crippen LogP contribution in [0.4, 0.5) is 16.2 Å². The summed E-state index contributed by atoms with van der Waals surface area (Å²) in [7, 11) is -8.73. The van der Waals surface area contributed by atoms with Crippen molar-refractivity contribution < 1.29 is 26.2 Å². The number of fused-ring (bicyclic) bond motifs is 1. The maximum Gasteiger partial charge on any atom is 0.316 e. The van der Waals surface area contributed by atoms with Crippen LogP contribution in [0.25, 0.3) is 10.8 Å². The lowest BCUT2D eigenvalue weighted by Crippen LogP contribution is -2.19. The molecule has 0 bridgehead atoms. The first-order valence-corrected chi connectivity index (χ1v) is 11.2. The monoisotopic (exact) mass is 455 g/mol. The molecule has 152 valence electrons. The first-order valence-electron chi connectivity index (χ1n) is 7.86. The number of carbonyl (C=O) groups excluding carboxylic acids is 1. The van der Waals surface area contributed by atoms with Crippen LogP contribution >= 0.6 is 11.6 Å². The molecule has 3 rings (SSSR count). The number of carbonyl (C=O) groups is 1. The van der Waals surface area contributed by atoms with Crippen LogP contribution in [0.3, 0.4) is 0 Å². The molecule has 3 aromatic carbocycles. The van der Waals surface area contributed by atoms with Gasteiger partial charge < -0.3 is 11.1 Å². The molecule has 0 aliphatic heterocycles. The molecule has 0 fully saturated rings. The molecule has 9 nitrogen and oxygen atoms in total. The van der Waals surface area contributed by atoms with Crippen LogP contribution in [-0.2, 0) is 20.1 Å². The first kappa shape index (κ1) is 20.9. The molecule has 3 aromatic rings. The van der Waals surface area contributed by atoms with E-state index in [9.17, 15) is 26.2 Å². The molecule has 0 radical (unpaired) electrons. The van der Waals surface area contributed by atoms with Gasteiger partial charge in [-0.25, -0.2) is 13.2 Å². The molecule has 0 saturated carbocycles. The van der Waals surface area contributed by atoms with E-state index in [1.807, 2.05) is 0 Å². The van der Waals surface area contributed by atoms with Crippen molar-refractivity contribution in [2.24, 2.45) is 5.73 Å². The summed E-state index contributed by atoms with van der Waals surface area (Å²) in [6, 6.07) is 11.7. The van der Waals surface area contributed by atoms with Gasteiger partial charge in [-0.05, 0) is 53.2 Å². The third-order valence-corrected chi connectivity index (χ3v) is 6.57. The van der Waals surface area contributed by atoms with E-state index >= 15 is 0 Å². The number of halogens is 1. The van der Waals surface area contributed by atoms with Crippen LogP contribution in [0.1, 0.15) is 0 Å². The summed E-state index contributed by atoms with van der Waals surface area (Å²) in [5.74, 6) is 0. The molecule has 29 heavy (non-hydrogen) atoms. The fourth-order valence-electron chi connectivity index (χ4n) is 2.59. The zero-order valence-electron chi connectivity index (χ0n) is 14.5. The van der Waals surface area contributed by atoms with Gasteiger partial charge in [0.05, 0.1) is 15.6 Å². The minimum Gasteiger partial charge on any atom is -0.351 e. The molecular formula is C17H14ClN3O6S2. The van der Waals surface area contributed by atoms with E-state index in [0.717, 1.165) is 17.5 Å². The molecule has 0 unspecified atom stereocenters. The predicted molar refractivity (Wildman–Crippen MR) is 109 cm³/mol. The summed E-state index contributed by atoms with van der Waals surface area (Å²) >= 11 is 5.73. The van der Waals surface area contributed by atoms with Gasteiger partial charge in [0.1, 0.15) is 4.90 Å². The Morgan fingerprint density at radius 1 is 0.897 bits per heavy atom. The van der Waals surface area contributed by atoms with Crippen molar-refractivity contribution in [1.82, 2.24) is 0 Å². The smallest absolute Gasteiger partial charge is 0.316 e. The minimum atomic E-state index is -4.63. The van der Waals surface area contributed by atoms with Gasteiger partial charge in [-0.1, -0.05) is 23.7 Å². The molecule has 12 heteroatoms. The molecule has 0 spiro atoms. The van der Waals surface area contributed by atoms with Crippen LogP contribution < -0.4 is 15.8 Å². The van der Waals surface area contributed by atoms with Crippen molar-refractivity contribution in [3.8, 4) is 0 Å². The Kier molecular flexibility index (Phi) is 5.41. The number of urea groups is 1. The van der Waals surface area contributed by atoms with Crippen molar-refractivity contribution in [1.29, 1.82) is 0 Å². The van der Waals surface area contributed by atoms with Gasteiger partial charge in [0.15, 0.2) is 0 Å². The number of anilines is 2. The number of primary amides is 1. The predicted octanol–water partition coefficient (Wildman–Crippen LogP) is 3.03. The van der Waals surface area contributed by atoms with Gasteiger partial charge in [0.2, 0.25) is 0 Å². The maximum absolute atomic E-state index is 12.7. The van der Waals surface area contributed by atoms with Gasteiger partial charge in [-0.15, -0.1) is 0 Å². The second-order valence-electron chi connectivity index (χ2n) is 5.94. The minimum absolute atomic E-state index is 0.105. The van der Waals surface area contributed by atoms with Gasteiger partial charge in [0, 0.05) is 5.69 Å². The lowest BCUT2D eigenvalue weighted by Gasteiger charge is -2.11. The Hall–Kier alpha value is -2.86. The zero-order chi connectivity index (χ0) is 21.4. The SMILES string of the molecule is NC(=O)Nc1ccc2ccc(S(=O)(=O)Nc3ccc(Cl)c(S(=O)(=O)O)c3)cc2c1. The summed E-state index contributed by atoms with van der Waals surface area (Å²) in [4.78, 5) is 10.3. The van der Waals surface area contributed by atoms with Crippen LogP contribution in [-0.4, -0.2) is 27.4 Å². The maximum atomic E-state index is 12.7. The number of sulfonamides is 1. The highest BCUT2D eigenvalue weighted by atomic mass is 35.5. The fourth-order valence-corrected chi connectivity index (χ4v) is 4.68. The van der Waals surface area contributed by atoms with Gasteiger partial charge in [-0.3, -0.25) is 9.27 Å². The number of hydrogen-bond donors (Lipinski definition) is 4. The second-order valence-corrected chi connectivity index (χ2v) is 9.42. The molecule has 5 N–H and O–H groups in total. The molecule has 0 aliphatic rings. The van der Waals surface area contributed by atoms with Crippen molar-refractivity contribution in [3.05, 3.63) is 59.6 Å². The Balaban J connectivity index is 1.99. The molecular weight excluding hydrogens is 442 g/mol. The van der Waals surface area contributed by atoms with Crippen molar-refractivity contribution in [3.63, 3.8) is 0 Å². The zero-order valence-corrected chi connectivity index (χ0v) is 16.8. The first-order chi connectivity index (χ1) is 13.5. The van der Waals surface area contributed by atoms with E-state index in [-0.39, 0.29) is 15.6 Å². The van der Waals surface area contributed by atoms with E-state index in [0.29, 0.717) is 11.1 Å². The Morgan fingerprint density at radius 3 is 2.21 bits per heavy atom. The summed E-state index contributed by atoms with van der Waals surface area (Å²) in [6.45, 7) is 0. The highest BCUT2D eigenvalue weighted by Crippen LogP contribution is 2.28. The summed E-state index contributed by atoms with van der Waals surface area (Å²) in [6.07, 6.45) is 0. The summed E-state index contributed by atoms with van der Waals surface area (Å²) in [5, 5.41) is 3.39. The lowest BCUT2D eigenvalue weighted by molar-refractivity contribution is 0.259. The molecule has 0 aliphatic carbocycles. The second kappa shape index (κ2) is 7.52. The number of hydrogen-bond acceptors (Lipinski definition) is 5. The van der Waals surface area contributed by atoms with E-state index in [4.69, 9.17) is 17.3 Å². The normalized spacial score (nSPS) is 11.9. The van der Waals surface area contributed by atoms with Crippen LogP contribution in [0.15, 0.2) is 64.4 Å². The number of nitrogens with one attached hydrogen (secondary N) is 2. The van der Waals surface area contributed by atoms with Crippen LogP contribution in [0, 0.1) is 0 Å². The quantitative estimate of drug-likeness (QED) is 0.433. The van der Waals surface area contributed by atoms with E-state index in [2.05, 4.69) is 10.0 Å². The molecule has 2 amide bonds. The van der Waals surface area contributed by atoms with Crippen molar-refractivity contribution in [2.45, 2.75) is 9.79 Å². The highest BCUT2D eigenvalue weighted by Gasteiger charge is 2.19. The Morgan fingerprint density at radius 2 is 1.55 bits per heavy atom. The van der Waals surface area contributed by atoms with Gasteiger partial charge in [0.25, 0.3) is 20.1 Å².